The Labute approximate surface area is 138 Å². The molecule has 0 spiro atoms. The van der Waals surface area contributed by atoms with Gasteiger partial charge in [-0.05, 0) is 25.7 Å². The molecular weight excluding hydrogens is 296 g/mol. The Bertz CT molecular complexity index is 432. The number of thiazole rings is 1. The Morgan fingerprint density at radius 2 is 2.14 bits per heavy atom. The summed E-state index contributed by atoms with van der Waals surface area (Å²) >= 11 is 1.70. The van der Waals surface area contributed by atoms with E-state index in [0.29, 0.717) is 19.1 Å². The molecule has 6 heteroatoms. The molecule has 1 rings (SSSR count). The summed E-state index contributed by atoms with van der Waals surface area (Å²) < 4.78 is 5.60. The van der Waals surface area contributed by atoms with E-state index in [9.17, 15) is 0 Å². The molecule has 0 unspecified atom stereocenters. The van der Waals surface area contributed by atoms with Crippen LogP contribution in [0.1, 0.15) is 44.8 Å². The van der Waals surface area contributed by atoms with Crippen LogP contribution in [0.5, 0.6) is 0 Å². The molecule has 0 aromatic carbocycles. The Hall–Kier alpha value is -1.14. The molecule has 126 valence electrons. The number of aromatic nitrogens is 1. The lowest BCUT2D eigenvalue weighted by Gasteiger charge is -2.11. The van der Waals surface area contributed by atoms with Crippen molar-refractivity contribution in [3.63, 3.8) is 0 Å². The van der Waals surface area contributed by atoms with Gasteiger partial charge in [0.05, 0.1) is 23.9 Å². The lowest BCUT2D eigenvalue weighted by molar-refractivity contribution is 0.128. The monoisotopic (exact) mass is 326 g/mol. The summed E-state index contributed by atoms with van der Waals surface area (Å²) in [5, 5.41) is 9.78. The number of rotatable bonds is 10. The molecule has 5 nitrogen and oxygen atoms in total. The van der Waals surface area contributed by atoms with Gasteiger partial charge in [-0.1, -0.05) is 20.8 Å². The molecule has 0 saturated carbocycles. The first-order chi connectivity index (χ1) is 10.7. The van der Waals surface area contributed by atoms with Crippen molar-refractivity contribution in [3.05, 3.63) is 16.1 Å². The molecule has 0 amide bonds. The topological polar surface area (TPSA) is 58.5 Å². The van der Waals surface area contributed by atoms with E-state index in [4.69, 9.17) is 4.74 Å². The normalized spacial score (nSPS) is 12.0. The molecular formula is C16H30N4OS. The van der Waals surface area contributed by atoms with Crippen molar-refractivity contribution < 1.29 is 4.74 Å². The molecule has 22 heavy (non-hydrogen) atoms. The minimum absolute atomic E-state index is 0.611. The minimum atomic E-state index is 0.611. The summed E-state index contributed by atoms with van der Waals surface area (Å²) in [5.41, 5.74) is 1.03. The number of aliphatic imine (C=N–C) groups is 1. The standard InChI is InChI=1S/C16H30N4OS/c1-5-15-20-14(12-22-15)11-19-16(17-6-2)18-8-10-21-9-7-13(3)4/h12-13H,5-11H2,1-4H3,(H2,17,18,19). The van der Waals surface area contributed by atoms with Crippen LogP contribution in [0.15, 0.2) is 10.4 Å². The molecule has 1 aromatic heterocycles. The van der Waals surface area contributed by atoms with Gasteiger partial charge < -0.3 is 15.4 Å². The van der Waals surface area contributed by atoms with Crippen LogP contribution >= 0.6 is 11.3 Å². The lowest BCUT2D eigenvalue weighted by atomic mass is 10.1. The average Bonchev–Trinajstić information content (AvgIpc) is 2.96. The van der Waals surface area contributed by atoms with Crippen LogP contribution in [-0.2, 0) is 17.7 Å². The predicted octanol–water partition coefficient (Wildman–Crippen LogP) is 2.82. The van der Waals surface area contributed by atoms with E-state index in [0.717, 1.165) is 44.2 Å². The van der Waals surface area contributed by atoms with Crippen molar-refractivity contribution in [1.82, 2.24) is 15.6 Å². The third-order valence-corrected chi connectivity index (χ3v) is 4.07. The highest BCUT2D eigenvalue weighted by Gasteiger charge is 2.01. The second-order valence-corrected chi connectivity index (χ2v) is 6.45. The largest absolute Gasteiger partial charge is 0.380 e. The Morgan fingerprint density at radius 3 is 2.77 bits per heavy atom. The smallest absolute Gasteiger partial charge is 0.191 e. The molecule has 0 bridgehead atoms. The van der Waals surface area contributed by atoms with Gasteiger partial charge in [-0.2, -0.15) is 0 Å². The van der Waals surface area contributed by atoms with E-state index < -0.39 is 0 Å². The highest BCUT2D eigenvalue weighted by molar-refractivity contribution is 7.09. The fourth-order valence-electron chi connectivity index (χ4n) is 1.75. The van der Waals surface area contributed by atoms with Crippen molar-refractivity contribution >= 4 is 17.3 Å². The second kappa shape index (κ2) is 11.4. The number of aryl methyl sites for hydroxylation is 1. The Kier molecular flexibility index (Phi) is 9.82. The number of guanidine groups is 1. The minimum Gasteiger partial charge on any atom is -0.380 e. The first-order valence-corrected chi connectivity index (χ1v) is 9.06. The van der Waals surface area contributed by atoms with Gasteiger partial charge in [0.15, 0.2) is 5.96 Å². The summed E-state index contributed by atoms with van der Waals surface area (Å²) in [6, 6.07) is 0. The zero-order valence-electron chi connectivity index (χ0n) is 14.3. The van der Waals surface area contributed by atoms with Crippen molar-refractivity contribution in [3.8, 4) is 0 Å². The second-order valence-electron chi connectivity index (χ2n) is 5.50. The number of nitrogens with one attached hydrogen (secondary N) is 2. The van der Waals surface area contributed by atoms with Crippen LogP contribution in [0.25, 0.3) is 0 Å². The van der Waals surface area contributed by atoms with Crippen LogP contribution in [0.3, 0.4) is 0 Å². The van der Waals surface area contributed by atoms with E-state index in [1.54, 1.807) is 11.3 Å². The fraction of sp³-hybridized carbons (Fsp3) is 0.750. The van der Waals surface area contributed by atoms with Gasteiger partial charge in [-0.3, -0.25) is 0 Å². The fourth-order valence-corrected chi connectivity index (χ4v) is 2.48. The molecule has 0 aliphatic heterocycles. The van der Waals surface area contributed by atoms with E-state index in [2.05, 4.69) is 53.7 Å². The maximum absolute atomic E-state index is 5.60. The summed E-state index contributed by atoms with van der Waals surface area (Å²) in [4.78, 5) is 9.09. The van der Waals surface area contributed by atoms with Gasteiger partial charge in [-0.15, -0.1) is 11.3 Å². The molecule has 0 fully saturated rings. The lowest BCUT2D eigenvalue weighted by Crippen LogP contribution is -2.39. The Morgan fingerprint density at radius 1 is 1.32 bits per heavy atom. The Balaban J connectivity index is 2.29. The van der Waals surface area contributed by atoms with Crippen LogP contribution in [0, 0.1) is 5.92 Å². The molecule has 1 heterocycles. The van der Waals surface area contributed by atoms with E-state index >= 15 is 0 Å². The summed E-state index contributed by atoms with van der Waals surface area (Å²) in [6.45, 7) is 12.4. The first-order valence-electron chi connectivity index (χ1n) is 8.18. The zero-order chi connectivity index (χ0) is 16.2. The molecule has 0 aliphatic rings. The van der Waals surface area contributed by atoms with Gasteiger partial charge in [0.1, 0.15) is 0 Å². The zero-order valence-corrected chi connectivity index (χ0v) is 15.1. The molecule has 0 radical (unpaired) electrons. The predicted molar refractivity (Wildman–Crippen MR) is 94.6 cm³/mol. The van der Waals surface area contributed by atoms with Crippen molar-refractivity contribution in [2.45, 2.75) is 47.1 Å². The van der Waals surface area contributed by atoms with Crippen molar-refractivity contribution in [2.24, 2.45) is 10.9 Å². The van der Waals surface area contributed by atoms with E-state index in [-0.39, 0.29) is 0 Å². The highest BCUT2D eigenvalue weighted by atomic mass is 32.1. The van der Waals surface area contributed by atoms with Crippen molar-refractivity contribution in [1.29, 1.82) is 0 Å². The molecule has 2 N–H and O–H groups in total. The summed E-state index contributed by atoms with van der Waals surface area (Å²) in [7, 11) is 0. The number of hydrogen-bond donors (Lipinski definition) is 2. The van der Waals surface area contributed by atoms with E-state index in [1.807, 2.05) is 0 Å². The summed E-state index contributed by atoms with van der Waals surface area (Å²) in [6.07, 6.45) is 2.10. The number of ether oxygens (including phenoxy) is 1. The SMILES string of the molecule is CCNC(=NCc1csc(CC)n1)NCCOCCC(C)C. The molecule has 0 saturated heterocycles. The number of nitrogens with zero attached hydrogens (tertiary/aromatic N) is 2. The van der Waals surface area contributed by atoms with E-state index in [1.165, 1.54) is 5.01 Å². The molecule has 0 aliphatic carbocycles. The maximum atomic E-state index is 5.60. The number of hydrogen-bond acceptors (Lipinski definition) is 4. The highest BCUT2D eigenvalue weighted by Crippen LogP contribution is 2.10. The van der Waals surface area contributed by atoms with Crippen molar-refractivity contribution in [2.75, 3.05) is 26.3 Å². The van der Waals surface area contributed by atoms with Gasteiger partial charge in [0.25, 0.3) is 0 Å². The average molecular weight is 327 g/mol. The van der Waals surface area contributed by atoms with Gasteiger partial charge in [0.2, 0.25) is 0 Å². The first kappa shape index (κ1) is 18.9. The third-order valence-electron chi connectivity index (χ3n) is 3.02. The molecule has 0 atom stereocenters. The van der Waals surface area contributed by atoms with Gasteiger partial charge in [-0.25, -0.2) is 9.98 Å². The quantitative estimate of drug-likeness (QED) is 0.394. The van der Waals surface area contributed by atoms with Crippen LogP contribution in [-0.4, -0.2) is 37.2 Å². The van der Waals surface area contributed by atoms with Crippen LogP contribution in [0.4, 0.5) is 0 Å². The summed E-state index contributed by atoms with van der Waals surface area (Å²) in [5.74, 6) is 1.51. The maximum Gasteiger partial charge on any atom is 0.191 e. The third kappa shape index (κ3) is 8.34. The van der Waals surface area contributed by atoms with Crippen LogP contribution < -0.4 is 10.6 Å². The molecule has 1 aromatic rings. The van der Waals surface area contributed by atoms with Gasteiger partial charge >= 0.3 is 0 Å². The van der Waals surface area contributed by atoms with Gasteiger partial charge in [0, 0.05) is 25.1 Å². The van der Waals surface area contributed by atoms with Crippen LogP contribution in [0.2, 0.25) is 0 Å².